The molecule has 0 aromatic heterocycles. The van der Waals surface area contributed by atoms with E-state index in [4.69, 9.17) is 16.7 Å². The molecule has 1 amide bonds. The molecule has 1 atom stereocenters. The molecule has 4 nitrogen and oxygen atoms in total. The quantitative estimate of drug-likeness (QED) is 0.687. The van der Waals surface area contributed by atoms with Gasteiger partial charge in [-0.2, -0.15) is 0 Å². The van der Waals surface area contributed by atoms with E-state index in [1.165, 1.54) is 0 Å². The first-order valence-corrected chi connectivity index (χ1v) is 5.04. The molecule has 5 heteroatoms. The SMILES string of the molecule is CCC(NC(=O)CCl)(C(=O)O)C(C)C. The van der Waals surface area contributed by atoms with Crippen LogP contribution in [0.25, 0.3) is 0 Å². The average molecular weight is 222 g/mol. The second kappa shape index (κ2) is 5.20. The summed E-state index contributed by atoms with van der Waals surface area (Å²) in [5.74, 6) is -1.88. The first-order chi connectivity index (χ1) is 6.40. The highest BCUT2D eigenvalue weighted by molar-refractivity contribution is 6.27. The topological polar surface area (TPSA) is 66.4 Å². The summed E-state index contributed by atoms with van der Waals surface area (Å²) in [5.41, 5.74) is -1.20. The summed E-state index contributed by atoms with van der Waals surface area (Å²) in [6.45, 7) is 5.24. The molecular formula is C9H16ClNO3. The largest absolute Gasteiger partial charge is 0.479 e. The molecule has 14 heavy (non-hydrogen) atoms. The fraction of sp³-hybridized carbons (Fsp3) is 0.778. The lowest BCUT2D eigenvalue weighted by atomic mass is 9.84. The van der Waals surface area contributed by atoms with Crippen molar-refractivity contribution >= 4 is 23.5 Å². The number of aliphatic carboxylic acids is 1. The molecule has 0 saturated carbocycles. The molecule has 0 bridgehead atoms. The van der Waals surface area contributed by atoms with Crippen LogP contribution in [0.5, 0.6) is 0 Å². The van der Waals surface area contributed by atoms with Gasteiger partial charge in [0.05, 0.1) is 0 Å². The molecule has 0 aliphatic rings. The van der Waals surface area contributed by atoms with E-state index in [2.05, 4.69) is 5.32 Å². The van der Waals surface area contributed by atoms with Crippen LogP contribution in [-0.4, -0.2) is 28.4 Å². The molecular weight excluding hydrogens is 206 g/mol. The van der Waals surface area contributed by atoms with E-state index < -0.39 is 17.4 Å². The third-order valence-corrected chi connectivity index (χ3v) is 2.65. The normalized spacial score (nSPS) is 14.9. The van der Waals surface area contributed by atoms with Crippen molar-refractivity contribution in [3.05, 3.63) is 0 Å². The zero-order valence-electron chi connectivity index (χ0n) is 8.63. The van der Waals surface area contributed by atoms with E-state index >= 15 is 0 Å². The summed E-state index contributed by atoms with van der Waals surface area (Å²) in [7, 11) is 0. The maximum Gasteiger partial charge on any atom is 0.329 e. The van der Waals surface area contributed by atoms with Gasteiger partial charge < -0.3 is 10.4 Å². The van der Waals surface area contributed by atoms with Gasteiger partial charge in [0.1, 0.15) is 11.4 Å². The highest BCUT2D eigenvalue weighted by atomic mass is 35.5. The Labute approximate surface area is 88.6 Å². The molecule has 0 heterocycles. The van der Waals surface area contributed by atoms with Crippen molar-refractivity contribution in [1.82, 2.24) is 5.32 Å². The number of amides is 1. The van der Waals surface area contributed by atoms with E-state index in [1.54, 1.807) is 20.8 Å². The fourth-order valence-corrected chi connectivity index (χ4v) is 1.44. The summed E-state index contributed by atoms with van der Waals surface area (Å²) in [6, 6.07) is 0. The number of carboxylic acids is 1. The number of rotatable bonds is 5. The predicted molar refractivity (Wildman–Crippen MR) is 54.4 cm³/mol. The summed E-state index contributed by atoms with van der Waals surface area (Å²) >= 11 is 5.32. The van der Waals surface area contributed by atoms with Crippen molar-refractivity contribution < 1.29 is 14.7 Å². The maximum atomic E-state index is 11.1. The first kappa shape index (κ1) is 13.2. The molecule has 0 aliphatic heterocycles. The smallest absolute Gasteiger partial charge is 0.329 e. The number of carbonyl (C=O) groups is 2. The minimum atomic E-state index is -1.20. The highest BCUT2D eigenvalue weighted by Crippen LogP contribution is 2.21. The van der Waals surface area contributed by atoms with Gasteiger partial charge in [0.2, 0.25) is 5.91 Å². The molecule has 1 unspecified atom stereocenters. The van der Waals surface area contributed by atoms with E-state index in [0.717, 1.165) is 0 Å². The monoisotopic (exact) mass is 221 g/mol. The third kappa shape index (κ3) is 2.61. The van der Waals surface area contributed by atoms with Crippen LogP contribution in [0.4, 0.5) is 0 Å². The van der Waals surface area contributed by atoms with E-state index in [0.29, 0.717) is 6.42 Å². The van der Waals surface area contributed by atoms with Crippen molar-refractivity contribution in [2.45, 2.75) is 32.7 Å². The van der Waals surface area contributed by atoms with Gasteiger partial charge in [0, 0.05) is 0 Å². The molecule has 0 fully saturated rings. The van der Waals surface area contributed by atoms with Crippen LogP contribution in [0.15, 0.2) is 0 Å². The molecule has 0 rings (SSSR count). The summed E-state index contributed by atoms with van der Waals surface area (Å²) in [4.78, 5) is 22.2. The van der Waals surface area contributed by atoms with E-state index in [9.17, 15) is 9.59 Å². The first-order valence-electron chi connectivity index (χ1n) is 4.51. The molecule has 2 N–H and O–H groups in total. The Morgan fingerprint density at radius 2 is 2.00 bits per heavy atom. The molecule has 0 radical (unpaired) electrons. The van der Waals surface area contributed by atoms with Gasteiger partial charge in [0.15, 0.2) is 0 Å². The Kier molecular flexibility index (Phi) is 4.91. The maximum absolute atomic E-state index is 11.1. The second-order valence-electron chi connectivity index (χ2n) is 3.47. The lowest BCUT2D eigenvalue weighted by molar-refractivity contribution is -0.149. The van der Waals surface area contributed by atoms with Crippen LogP contribution in [-0.2, 0) is 9.59 Å². The van der Waals surface area contributed by atoms with Gasteiger partial charge in [0.25, 0.3) is 0 Å². The molecule has 0 spiro atoms. The Morgan fingerprint density at radius 3 is 2.21 bits per heavy atom. The number of alkyl halides is 1. The second-order valence-corrected chi connectivity index (χ2v) is 3.73. The predicted octanol–water partition coefficient (Wildman–Crippen LogP) is 1.23. The lowest BCUT2D eigenvalue weighted by Gasteiger charge is -2.33. The van der Waals surface area contributed by atoms with Crippen molar-refractivity contribution in [3.63, 3.8) is 0 Å². The minimum absolute atomic E-state index is 0.183. The summed E-state index contributed by atoms with van der Waals surface area (Å²) in [5, 5.41) is 11.5. The van der Waals surface area contributed by atoms with E-state index in [-0.39, 0.29) is 11.8 Å². The Balaban J connectivity index is 4.86. The minimum Gasteiger partial charge on any atom is -0.479 e. The number of hydrogen-bond donors (Lipinski definition) is 2. The van der Waals surface area contributed by atoms with Crippen LogP contribution in [0, 0.1) is 5.92 Å². The fourth-order valence-electron chi connectivity index (χ4n) is 1.37. The zero-order chi connectivity index (χ0) is 11.4. The number of nitrogens with one attached hydrogen (secondary N) is 1. The van der Waals surface area contributed by atoms with Gasteiger partial charge in [-0.1, -0.05) is 20.8 Å². The van der Waals surface area contributed by atoms with Crippen LogP contribution in [0.2, 0.25) is 0 Å². The number of carboxylic acid groups (broad SMARTS) is 1. The van der Waals surface area contributed by atoms with Gasteiger partial charge in [-0.25, -0.2) is 4.79 Å². The Morgan fingerprint density at radius 1 is 1.50 bits per heavy atom. The van der Waals surface area contributed by atoms with Crippen LogP contribution < -0.4 is 5.32 Å². The molecule has 0 saturated heterocycles. The van der Waals surface area contributed by atoms with Gasteiger partial charge in [-0.3, -0.25) is 4.79 Å². The number of carbonyl (C=O) groups excluding carboxylic acids is 1. The van der Waals surface area contributed by atoms with Gasteiger partial charge in [-0.15, -0.1) is 11.6 Å². The third-order valence-electron chi connectivity index (χ3n) is 2.41. The van der Waals surface area contributed by atoms with Crippen molar-refractivity contribution in [1.29, 1.82) is 0 Å². The van der Waals surface area contributed by atoms with Crippen molar-refractivity contribution in [2.75, 3.05) is 5.88 Å². The number of halogens is 1. The molecule has 0 aliphatic carbocycles. The summed E-state index contributed by atoms with van der Waals surface area (Å²) in [6.07, 6.45) is 0.336. The van der Waals surface area contributed by atoms with E-state index in [1.807, 2.05) is 0 Å². The number of hydrogen-bond acceptors (Lipinski definition) is 2. The van der Waals surface area contributed by atoms with Crippen molar-refractivity contribution in [2.24, 2.45) is 5.92 Å². The zero-order valence-corrected chi connectivity index (χ0v) is 9.39. The van der Waals surface area contributed by atoms with Gasteiger partial charge >= 0.3 is 5.97 Å². The van der Waals surface area contributed by atoms with Crippen LogP contribution in [0.1, 0.15) is 27.2 Å². The summed E-state index contributed by atoms with van der Waals surface area (Å²) < 4.78 is 0. The highest BCUT2D eigenvalue weighted by Gasteiger charge is 2.41. The van der Waals surface area contributed by atoms with Crippen LogP contribution in [0.3, 0.4) is 0 Å². The Hall–Kier alpha value is -0.770. The van der Waals surface area contributed by atoms with Gasteiger partial charge in [-0.05, 0) is 12.3 Å². The van der Waals surface area contributed by atoms with Crippen molar-refractivity contribution in [3.8, 4) is 0 Å². The molecule has 0 aromatic rings. The standard InChI is InChI=1S/C9H16ClNO3/c1-4-9(6(2)3,8(13)14)11-7(12)5-10/h6H,4-5H2,1-3H3,(H,11,12)(H,13,14). The lowest BCUT2D eigenvalue weighted by Crippen LogP contribution is -2.58. The van der Waals surface area contributed by atoms with Crippen LogP contribution >= 0.6 is 11.6 Å². The molecule has 82 valence electrons. The Bertz CT molecular complexity index is 230. The average Bonchev–Trinajstić information content (AvgIpc) is 2.12. The molecule has 0 aromatic carbocycles.